The molecular formula is C19H26N4O3. The first-order valence-corrected chi connectivity index (χ1v) is 8.58. The number of nitrogens with zero attached hydrogens (tertiary/aromatic N) is 3. The van der Waals surface area contributed by atoms with Crippen LogP contribution in [0.4, 0.5) is 0 Å². The summed E-state index contributed by atoms with van der Waals surface area (Å²) in [6, 6.07) is 8.91. The average Bonchev–Trinajstić information content (AvgIpc) is 2.96. The van der Waals surface area contributed by atoms with Crippen LogP contribution in [0.3, 0.4) is 0 Å². The Morgan fingerprint density at radius 1 is 1.27 bits per heavy atom. The molecule has 0 spiro atoms. The molecule has 0 atom stereocenters. The molecule has 2 rings (SSSR count). The van der Waals surface area contributed by atoms with Gasteiger partial charge < -0.3 is 15.0 Å². The van der Waals surface area contributed by atoms with Crippen molar-refractivity contribution in [2.24, 2.45) is 0 Å². The normalized spacial score (nSPS) is 10.5. The van der Waals surface area contributed by atoms with Gasteiger partial charge in [-0.3, -0.25) is 14.3 Å². The molecule has 0 saturated heterocycles. The molecule has 2 amide bonds. The summed E-state index contributed by atoms with van der Waals surface area (Å²) < 4.78 is 7.00. The van der Waals surface area contributed by atoms with Crippen LogP contribution in [0, 0.1) is 13.8 Å². The van der Waals surface area contributed by atoms with Gasteiger partial charge in [0.15, 0.2) is 0 Å². The van der Waals surface area contributed by atoms with E-state index in [1.54, 1.807) is 43.3 Å². The number of rotatable bonds is 8. The molecule has 1 aromatic heterocycles. The number of ether oxygens (including phenoxy) is 1. The van der Waals surface area contributed by atoms with Crippen LogP contribution < -0.4 is 10.1 Å². The third kappa shape index (κ3) is 5.34. The summed E-state index contributed by atoms with van der Waals surface area (Å²) in [5.74, 6) is 0.386. The molecule has 26 heavy (non-hydrogen) atoms. The fourth-order valence-electron chi connectivity index (χ4n) is 2.61. The van der Waals surface area contributed by atoms with Gasteiger partial charge in [-0.25, -0.2) is 0 Å². The molecule has 140 valence electrons. The average molecular weight is 358 g/mol. The zero-order valence-electron chi connectivity index (χ0n) is 15.8. The van der Waals surface area contributed by atoms with Gasteiger partial charge in [0.1, 0.15) is 5.75 Å². The second-order valence-electron chi connectivity index (χ2n) is 6.20. The summed E-state index contributed by atoms with van der Waals surface area (Å²) in [5.41, 5.74) is 2.56. The van der Waals surface area contributed by atoms with Gasteiger partial charge in [0.25, 0.3) is 5.91 Å². The van der Waals surface area contributed by atoms with Gasteiger partial charge in [0.2, 0.25) is 5.91 Å². The minimum atomic E-state index is -0.220. The molecule has 1 aromatic carbocycles. The van der Waals surface area contributed by atoms with Gasteiger partial charge in [-0.1, -0.05) is 6.07 Å². The van der Waals surface area contributed by atoms with Gasteiger partial charge in [-0.05, 0) is 38.1 Å². The first-order valence-electron chi connectivity index (χ1n) is 8.58. The standard InChI is InChI=1S/C19H26N4O3/c1-14-12-15(2)23(21-14)11-10-22(3)18(24)8-9-20-19(25)16-6-5-7-17(13-16)26-4/h5-7,12-13H,8-11H2,1-4H3,(H,20,25). The topological polar surface area (TPSA) is 76.5 Å². The van der Waals surface area contributed by atoms with E-state index in [1.165, 1.54) is 0 Å². The van der Waals surface area contributed by atoms with Gasteiger partial charge >= 0.3 is 0 Å². The smallest absolute Gasteiger partial charge is 0.251 e. The van der Waals surface area contributed by atoms with Crippen LogP contribution in [-0.4, -0.2) is 53.7 Å². The quantitative estimate of drug-likeness (QED) is 0.780. The van der Waals surface area contributed by atoms with Crippen molar-refractivity contribution >= 4 is 11.8 Å². The zero-order chi connectivity index (χ0) is 19.1. The predicted octanol–water partition coefficient (Wildman–Crippen LogP) is 1.79. The number of benzene rings is 1. The molecule has 7 heteroatoms. The van der Waals surface area contributed by atoms with Crippen molar-refractivity contribution in [2.45, 2.75) is 26.8 Å². The van der Waals surface area contributed by atoms with Crippen molar-refractivity contribution in [2.75, 3.05) is 27.2 Å². The summed E-state index contributed by atoms with van der Waals surface area (Å²) in [6.45, 7) is 5.46. The van der Waals surface area contributed by atoms with Crippen molar-refractivity contribution in [1.82, 2.24) is 20.0 Å². The van der Waals surface area contributed by atoms with Gasteiger partial charge in [0, 0.05) is 37.8 Å². The summed E-state index contributed by atoms with van der Waals surface area (Å²) in [4.78, 5) is 26.0. The third-order valence-electron chi connectivity index (χ3n) is 4.13. The van der Waals surface area contributed by atoms with Crippen LogP contribution in [0.2, 0.25) is 0 Å². The lowest BCUT2D eigenvalue weighted by atomic mass is 10.2. The predicted molar refractivity (Wildman–Crippen MR) is 99.3 cm³/mol. The summed E-state index contributed by atoms with van der Waals surface area (Å²) in [7, 11) is 3.31. The molecule has 2 aromatic rings. The molecule has 7 nitrogen and oxygen atoms in total. The van der Waals surface area contributed by atoms with E-state index >= 15 is 0 Å². The van der Waals surface area contributed by atoms with Crippen molar-refractivity contribution in [3.05, 3.63) is 47.3 Å². The van der Waals surface area contributed by atoms with E-state index in [2.05, 4.69) is 10.4 Å². The number of carbonyl (C=O) groups excluding carboxylic acids is 2. The maximum atomic E-state index is 12.2. The summed E-state index contributed by atoms with van der Waals surface area (Å²) >= 11 is 0. The highest BCUT2D eigenvalue weighted by atomic mass is 16.5. The molecule has 0 bridgehead atoms. The molecule has 0 unspecified atom stereocenters. The second kappa shape index (κ2) is 9.03. The molecule has 1 heterocycles. The Morgan fingerprint density at radius 3 is 2.69 bits per heavy atom. The number of nitrogens with one attached hydrogen (secondary N) is 1. The van der Waals surface area contributed by atoms with Crippen molar-refractivity contribution in [3.63, 3.8) is 0 Å². The number of likely N-dealkylation sites (N-methyl/N-ethyl adjacent to an activating group) is 1. The number of amides is 2. The molecule has 0 aliphatic heterocycles. The lowest BCUT2D eigenvalue weighted by molar-refractivity contribution is -0.129. The Labute approximate surface area is 153 Å². The Morgan fingerprint density at radius 2 is 2.04 bits per heavy atom. The highest BCUT2D eigenvalue weighted by Crippen LogP contribution is 2.12. The van der Waals surface area contributed by atoms with E-state index in [4.69, 9.17) is 4.74 Å². The Balaban J connectivity index is 1.75. The van der Waals surface area contributed by atoms with Crippen LogP contribution in [0.15, 0.2) is 30.3 Å². The van der Waals surface area contributed by atoms with Crippen LogP contribution in [-0.2, 0) is 11.3 Å². The van der Waals surface area contributed by atoms with Crippen molar-refractivity contribution in [1.29, 1.82) is 0 Å². The van der Waals surface area contributed by atoms with E-state index in [0.29, 0.717) is 30.9 Å². The maximum absolute atomic E-state index is 12.2. The van der Waals surface area contributed by atoms with E-state index in [1.807, 2.05) is 24.6 Å². The van der Waals surface area contributed by atoms with Crippen LogP contribution in [0.25, 0.3) is 0 Å². The lowest BCUT2D eigenvalue weighted by Gasteiger charge is -2.18. The van der Waals surface area contributed by atoms with Crippen LogP contribution in [0.1, 0.15) is 28.2 Å². The van der Waals surface area contributed by atoms with Gasteiger partial charge in [-0.15, -0.1) is 0 Å². The molecule has 1 N–H and O–H groups in total. The molecule has 0 saturated carbocycles. The Hall–Kier alpha value is -2.83. The number of hydrogen-bond acceptors (Lipinski definition) is 4. The number of aromatic nitrogens is 2. The van der Waals surface area contributed by atoms with Crippen molar-refractivity contribution < 1.29 is 14.3 Å². The van der Waals surface area contributed by atoms with Crippen molar-refractivity contribution in [3.8, 4) is 5.75 Å². The summed E-state index contributed by atoms with van der Waals surface area (Å²) in [5, 5.41) is 7.15. The highest BCUT2D eigenvalue weighted by Gasteiger charge is 2.11. The monoisotopic (exact) mass is 358 g/mol. The molecular weight excluding hydrogens is 332 g/mol. The molecule has 0 radical (unpaired) electrons. The Kier molecular flexibility index (Phi) is 6.77. The highest BCUT2D eigenvalue weighted by molar-refractivity contribution is 5.94. The maximum Gasteiger partial charge on any atom is 0.251 e. The lowest BCUT2D eigenvalue weighted by Crippen LogP contribution is -2.34. The largest absolute Gasteiger partial charge is 0.497 e. The zero-order valence-corrected chi connectivity index (χ0v) is 15.8. The SMILES string of the molecule is COc1cccc(C(=O)NCCC(=O)N(C)CCn2nc(C)cc2C)c1. The minimum Gasteiger partial charge on any atom is -0.497 e. The summed E-state index contributed by atoms with van der Waals surface area (Å²) in [6.07, 6.45) is 0.253. The van der Waals surface area contributed by atoms with Crippen LogP contribution in [0.5, 0.6) is 5.75 Å². The van der Waals surface area contributed by atoms with E-state index in [-0.39, 0.29) is 18.2 Å². The number of carbonyl (C=O) groups is 2. The van der Waals surface area contributed by atoms with Gasteiger partial charge in [-0.2, -0.15) is 5.10 Å². The molecule has 0 aliphatic rings. The van der Waals surface area contributed by atoms with E-state index in [0.717, 1.165) is 11.4 Å². The third-order valence-corrected chi connectivity index (χ3v) is 4.13. The second-order valence-corrected chi connectivity index (χ2v) is 6.20. The number of methoxy groups -OCH3 is 1. The van der Waals surface area contributed by atoms with Gasteiger partial charge in [0.05, 0.1) is 19.3 Å². The minimum absolute atomic E-state index is 0.0162. The number of hydrogen-bond donors (Lipinski definition) is 1. The fourth-order valence-corrected chi connectivity index (χ4v) is 2.61. The molecule has 0 fully saturated rings. The molecule has 0 aliphatic carbocycles. The fraction of sp³-hybridized carbons (Fsp3) is 0.421. The van der Waals surface area contributed by atoms with E-state index in [9.17, 15) is 9.59 Å². The van der Waals surface area contributed by atoms with Crippen LogP contribution >= 0.6 is 0 Å². The Bertz CT molecular complexity index is 770. The van der Waals surface area contributed by atoms with E-state index < -0.39 is 0 Å². The first kappa shape index (κ1) is 19.5. The number of aryl methyl sites for hydroxylation is 2. The first-order chi connectivity index (χ1) is 12.4.